The fraction of sp³-hybridized carbons (Fsp3) is 0.0500. The molecule has 0 unspecified atom stereocenters. The lowest BCUT2D eigenvalue weighted by molar-refractivity contribution is 0.587. The van der Waals surface area contributed by atoms with Crippen LogP contribution >= 0.6 is 0 Å². The monoisotopic (exact) mass is 381 g/mol. The van der Waals surface area contributed by atoms with Crippen molar-refractivity contribution in [3.8, 4) is 22.4 Å². The Labute approximate surface area is 156 Å². The minimum atomic E-state index is -3.91. The number of hydrogen-bond donors (Lipinski definition) is 1. The predicted molar refractivity (Wildman–Crippen MR) is 101 cm³/mol. The third kappa shape index (κ3) is 3.06. The number of hydrogen-bond acceptors (Lipinski definition) is 3. The van der Waals surface area contributed by atoms with Crippen LogP contribution in [0.4, 0.5) is 4.39 Å². The number of aromatic nitrogens is 3. The molecular formula is C20H16FN3O2S. The molecule has 0 saturated heterocycles. The molecule has 0 aliphatic carbocycles. The first kappa shape index (κ1) is 17.2. The predicted octanol–water partition coefficient (Wildman–Crippen LogP) is 4.23. The Kier molecular flexibility index (Phi) is 4.16. The molecular weight excluding hydrogens is 365 g/mol. The van der Waals surface area contributed by atoms with Crippen LogP contribution in [0.15, 0.2) is 78.1 Å². The van der Waals surface area contributed by atoms with Gasteiger partial charge in [-0.2, -0.15) is 5.10 Å². The molecule has 0 radical (unpaired) electrons. The Bertz CT molecular complexity index is 1210. The smallest absolute Gasteiger partial charge is 0.268 e. The van der Waals surface area contributed by atoms with Crippen molar-refractivity contribution in [1.29, 1.82) is 0 Å². The molecule has 0 aliphatic rings. The Balaban J connectivity index is 1.87. The van der Waals surface area contributed by atoms with Gasteiger partial charge in [0.2, 0.25) is 0 Å². The van der Waals surface area contributed by atoms with E-state index in [-0.39, 0.29) is 10.5 Å². The van der Waals surface area contributed by atoms with E-state index < -0.39 is 15.8 Å². The summed E-state index contributed by atoms with van der Waals surface area (Å²) >= 11 is 0. The summed E-state index contributed by atoms with van der Waals surface area (Å²) < 4.78 is 42.0. The number of rotatable bonds is 4. The Morgan fingerprint density at radius 1 is 1.04 bits per heavy atom. The van der Waals surface area contributed by atoms with Crippen molar-refractivity contribution < 1.29 is 12.8 Å². The van der Waals surface area contributed by atoms with Crippen LogP contribution in [0.2, 0.25) is 0 Å². The molecule has 0 fully saturated rings. The molecule has 136 valence electrons. The van der Waals surface area contributed by atoms with Crippen LogP contribution in [0.3, 0.4) is 0 Å². The molecule has 2 aromatic heterocycles. The molecule has 2 aromatic carbocycles. The van der Waals surface area contributed by atoms with Crippen molar-refractivity contribution in [2.75, 3.05) is 0 Å². The van der Waals surface area contributed by atoms with E-state index in [4.69, 9.17) is 0 Å². The molecule has 7 heteroatoms. The maximum atomic E-state index is 14.3. The van der Waals surface area contributed by atoms with Crippen LogP contribution in [0.25, 0.3) is 22.4 Å². The van der Waals surface area contributed by atoms with Gasteiger partial charge in [-0.1, -0.05) is 24.3 Å². The zero-order valence-corrected chi connectivity index (χ0v) is 15.2. The van der Waals surface area contributed by atoms with Gasteiger partial charge < -0.3 is 0 Å². The van der Waals surface area contributed by atoms with Gasteiger partial charge in [-0.05, 0) is 48.4 Å². The van der Waals surface area contributed by atoms with Crippen molar-refractivity contribution in [3.63, 3.8) is 0 Å². The average molecular weight is 381 g/mol. The molecule has 4 rings (SSSR count). The highest BCUT2D eigenvalue weighted by atomic mass is 32.2. The molecule has 5 nitrogen and oxygen atoms in total. The maximum absolute atomic E-state index is 14.3. The average Bonchev–Trinajstić information content (AvgIpc) is 3.32. The number of H-pyrrole nitrogens is 1. The summed E-state index contributed by atoms with van der Waals surface area (Å²) in [5.74, 6) is -0.473. The molecule has 0 atom stereocenters. The van der Waals surface area contributed by atoms with Crippen LogP contribution in [0.5, 0.6) is 0 Å². The minimum absolute atomic E-state index is 0.120. The summed E-state index contributed by atoms with van der Waals surface area (Å²) in [6.45, 7) is 1.78. The fourth-order valence-electron chi connectivity index (χ4n) is 2.99. The number of aryl methyl sites for hydroxylation is 1. The van der Waals surface area contributed by atoms with Gasteiger partial charge in [0.25, 0.3) is 10.0 Å². The highest BCUT2D eigenvalue weighted by molar-refractivity contribution is 7.90. The van der Waals surface area contributed by atoms with E-state index in [0.717, 1.165) is 20.7 Å². The fourth-order valence-corrected chi connectivity index (χ4v) is 4.46. The number of aromatic amines is 1. The molecule has 0 bridgehead atoms. The van der Waals surface area contributed by atoms with Crippen molar-refractivity contribution in [1.82, 2.24) is 14.2 Å². The van der Waals surface area contributed by atoms with Crippen LogP contribution in [-0.4, -0.2) is 22.6 Å². The topological polar surface area (TPSA) is 67.8 Å². The zero-order valence-electron chi connectivity index (χ0n) is 14.4. The van der Waals surface area contributed by atoms with Crippen molar-refractivity contribution in [2.45, 2.75) is 11.8 Å². The van der Waals surface area contributed by atoms with E-state index in [0.29, 0.717) is 5.69 Å². The van der Waals surface area contributed by atoms with Gasteiger partial charge in [0.15, 0.2) is 0 Å². The Morgan fingerprint density at radius 3 is 2.59 bits per heavy atom. The lowest BCUT2D eigenvalue weighted by atomic mass is 10.1. The maximum Gasteiger partial charge on any atom is 0.268 e. The summed E-state index contributed by atoms with van der Waals surface area (Å²) in [5.41, 5.74) is 2.76. The first-order valence-electron chi connectivity index (χ1n) is 8.25. The van der Waals surface area contributed by atoms with E-state index in [2.05, 4.69) is 10.2 Å². The first-order chi connectivity index (χ1) is 13.0. The summed E-state index contributed by atoms with van der Waals surface area (Å²) in [5, 5.41) is 6.61. The van der Waals surface area contributed by atoms with Gasteiger partial charge in [0, 0.05) is 23.5 Å². The third-order valence-electron chi connectivity index (χ3n) is 4.29. The van der Waals surface area contributed by atoms with Crippen molar-refractivity contribution in [3.05, 3.63) is 84.6 Å². The van der Waals surface area contributed by atoms with Crippen molar-refractivity contribution >= 4 is 10.0 Å². The van der Waals surface area contributed by atoms with Gasteiger partial charge >= 0.3 is 0 Å². The molecule has 1 N–H and O–H groups in total. The second-order valence-electron chi connectivity index (χ2n) is 6.20. The Hall–Kier alpha value is -3.19. The van der Waals surface area contributed by atoms with E-state index in [9.17, 15) is 12.8 Å². The molecule has 0 saturated carbocycles. The zero-order chi connectivity index (χ0) is 19.0. The van der Waals surface area contributed by atoms with E-state index in [1.807, 2.05) is 6.07 Å². The summed E-state index contributed by atoms with van der Waals surface area (Å²) in [4.78, 5) is 0.120. The quantitative estimate of drug-likeness (QED) is 0.575. The molecule has 4 aromatic rings. The Morgan fingerprint density at radius 2 is 1.85 bits per heavy atom. The van der Waals surface area contributed by atoms with Crippen molar-refractivity contribution in [2.24, 2.45) is 0 Å². The third-order valence-corrected chi connectivity index (χ3v) is 5.96. The SMILES string of the molecule is Cc1cc(-c2ccccc2F)n(S(=O)(=O)c2cccc(-c3cn[nH]c3)c2)c1. The number of nitrogens with zero attached hydrogens (tertiary/aromatic N) is 2. The normalized spacial score (nSPS) is 11.6. The number of halogens is 1. The molecule has 27 heavy (non-hydrogen) atoms. The molecule has 2 heterocycles. The van der Waals surface area contributed by atoms with Gasteiger partial charge in [0.1, 0.15) is 5.82 Å². The lowest BCUT2D eigenvalue weighted by Crippen LogP contribution is -2.13. The van der Waals surface area contributed by atoms with Gasteiger partial charge in [-0.3, -0.25) is 5.10 Å². The number of benzene rings is 2. The van der Waals surface area contributed by atoms with Crippen LogP contribution < -0.4 is 0 Å². The molecule has 0 aliphatic heterocycles. The van der Waals surface area contributed by atoms with E-state index in [1.54, 1.807) is 55.7 Å². The first-order valence-corrected chi connectivity index (χ1v) is 9.69. The van der Waals surface area contributed by atoms with Gasteiger partial charge in [-0.25, -0.2) is 16.8 Å². The summed E-state index contributed by atoms with van der Waals surface area (Å²) in [6.07, 6.45) is 4.81. The second kappa shape index (κ2) is 6.51. The van der Waals surface area contributed by atoms with E-state index in [1.165, 1.54) is 18.3 Å². The summed E-state index contributed by atoms with van der Waals surface area (Å²) in [6, 6.07) is 14.4. The second-order valence-corrected chi connectivity index (χ2v) is 8.01. The van der Waals surface area contributed by atoms with Gasteiger partial charge in [-0.15, -0.1) is 0 Å². The van der Waals surface area contributed by atoms with Gasteiger partial charge in [0.05, 0.1) is 16.8 Å². The van der Waals surface area contributed by atoms with Crippen LogP contribution in [-0.2, 0) is 10.0 Å². The largest absolute Gasteiger partial charge is 0.285 e. The van der Waals surface area contributed by atoms with E-state index >= 15 is 0 Å². The highest BCUT2D eigenvalue weighted by Crippen LogP contribution is 2.30. The highest BCUT2D eigenvalue weighted by Gasteiger charge is 2.23. The molecule has 0 spiro atoms. The number of nitrogens with one attached hydrogen (secondary N) is 1. The van der Waals surface area contributed by atoms with Crippen LogP contribution in [0, 0.1) is 12.7 Å². The lowest BCUT2D eigenvalue weighted by Gasteiger charge is -2.12. The standard InChI is InChI=1S/C20H16FN3O2S/c1-14-9-20(18-7-2-3-8-19(18)21)24(13-14)27(25,26)17-6-4-5-15(10-17)16-11-22-23-12-16/h2-13H,1H3,(H,22,23). The summed E-state index contributed by atoms with van der Waals surface area (Å²) in [7, 11) is -3.91. The molecule has 0 amide bonds. The minimum Gasteiger partial charge on any atom is -0.285 e. The van der Waals surface area contributed by atoms with Crippen LogP contribution in [0.1, 0.15) is 5.56 Å².